The monoisotopic (exact) mass is 646 g/mol. The van der Waals surface area contributed by atoms with E-state index in [4.69, 9.17) is 0 Å². The van der Waals surface area contributed by atoms with Gasteiger partial charge >= 0.3 is 0 Å². The molecule has 0 aromatic heterocycles. The van der Waals surface area contributed by atoms with Gasteiger partial charge in [0, 0.05) is 40.5 Å². The lowest BCUT2D eigenvalue weighted by Gasteiger charge is -2.35. The van der Waals surface area contributed by atoms with Crippen LogP contribution >= 0.6 is 0 Å². The Balaban J connectivity index is 0.868. The molecule has 50 heavy (non-hydrogen) atoms. The van der Waals surface area contributed by atoms with Crippen molar-refractivity contribution < 1.29 is 0 Å². The molecular formula is C48H42N2. The molecule has 6 atom stereocenters. The van der Waals surface area contributed by atoms with Crippen molar-refractivity contribution in [2.75, 3.05) is 9.80 Å². The summed E-state index contributed by atoms with van der Waals surface area (Å²) in [5, 5.41) is 0. The molecule has 2 aliphatic heterocycles. The summed E-state index contributed by atoms with van der Waals surface area (Å²) in [4.78, 5) is 5.18. The Hall–Kier alpha value is -5.34. The number of benzene rings is 4. The normalized spacial score (nSPS) is 27.2. The summed E-state index contributed by atoms with van der Waals surface area (Å²) < 4.78 is 0. The van der Waals surface area contributed by atoms with Gasteiger partial charge in [-0.2, -0.15) is 0 Å². The average molecular weight is 647 g/mol. The number of para-hydroxylation sites is 2. The van der Waals surface area contributed by atoms with Gasteiger partial charge in [-0.25, -0.2) is 0 Å². The van der Waals surface area contributed by atoms with Gasteiger partial charge in [0.25, 0.3) is 0 Å². The van der Waals surface area contributed by atoms with Crippen molar-refractivity contribution in [2.24, 2.45) is 11.8 Å². The fourth-order valence-electron chi connectivity index (χ4n) is 9.55. The molecule has 0 saturated heterocycles. The topological polar surface area (TPSA) is 6.48 Å². The van der Waals surface area contributed by atoms with Gasteiger partial charge in [-0.05, 0) is 89.3 Å². The van der Waals surface area contributed by atoms with E-state index in [1.165, 1.54) is 62.6 Å². The van der Waals surface area contributed by atoms with E-state index in [1.807, 2.05) is 0 Å². The van der Waals surface area contributed by atoms with Gasteiger partial charge in [0.05, 0.1) is 12.1 Å². The van der Waals surface area contributed by atoms with Crippen molar-refractivity contribution in [1.29, 1.82) is 0 Å². The smallest absolute Gasteiger partial charge is 0.0629 e. The van der Waals surface area contributed by atoms with Crippen LogP contribution in [0.4, 0.5) is 17.1 Å². The third kappa shape index (κ3) is 4.92. The highest BCUT2D eigenvalue weighted by atomic mass is 15.2. The highest BCUT2D eigenvalue weighted by molar-refractivity contribution is 5.77. The first-order chi connectivity index (χ1) is 24.8. The minimum atomic E-state index is 0.287. The third-order valence-corrected chi connectivity index (χ3v) is 12.0. The van der Waals surface area contributed by atoms with E-state index in [9.17, 15) is 0 Å². The number of hydrogen-bond donors (Lipinski definition) is 0. The van der Waals surface area contributed by atoms with Crippen LogP contribution in [-0.4, -0.2) is 12.1 Å². The van der Waals surface area contributed by atoms with Crippen LogP contribution in [0.2, 0.25) is 0 Å². The zero-order valence-corrected chi connectivity index (χ0v) is 28.4. The molecule has 0 N–H and O–H groups in total. The lowest BCUT2D eigenvalue weighted by Crippen LogP contribution is -2.33. The van der Waals surface area contributed by atoms with Crippen molar-refractivity contribution >= 4 is 17.1 Å². The predicted octanol–water partition coefficient (Wildman–Crippen LogP) is 11.7. The van der Waals surface area contributed by atoms with Crippen molar-refractivity contribution in [3.63, 3.8) is 0 Å². The number of rotatable bonds is 5. The summed E-state index contributed by atoms with van der Waals surface area (Å²) in [6.45, 7) is 0. The highest BCUT2D eigenvalue weighted by Crippen LogP contribution is 2.53. The molecule has 0 bridgehead atoms. The van der Waals surface area contributed by atoms with Crippen LogP contribution in [-0.2, 0) is 0 Å². The zero-order chi connectivity index (χ0) is 33.0. The zero-order valence-electron chi connectivity index (χ0n) is 28.4. The van der Waals surface area contributed by atoms with E-state index < -0.39 is 0 Å². The lowest BCUT2D eigenvalue weighted by molar-refractivity contribution is 0.496. The summed E-state index contributed by atoms with van der Waals surface area (Å²) in [6.07, 6.45) is 31.1. The summed E-state index contributed by atoms with van der Waals surface area (Å²) in [7, 11) is 0. The Kier molecular flexibility index (Phi) is 7.22. The quantitative estimate of drug-likeness (QED) is 0.213. The Morgan fingerprint density at radius 2 is 1.30 bits per heavy atom. The third-order valence-electron chi connectivity index (χ3n) is 12.0. The Bertz CT molecular complexity index is 2160. The minimum absolute atomic E-state index is 0.287. The van der Waals surface area contributed by atoms with E-state index >= 15 is 0 Å². The van der Waals surface area contributed by atoms with Crippen LogP contribution in [0.5, 0.6) is 0 Å². The first kappa shape index (κ1) is 29.6. The lowest BCUT2D eigenvalue weighted by atomic mass is 9.75. The van der Waals surface area contributed by atoms with Crippen LogP contribution in [0.15, 0.2) is 187 Å². The molecule has 10 rings (SSSR count). The van der Waals surface area contributed by atoms with E-state index in [0.717, 1.165) is 19.3 Å². The van der Waals surface area contributed by atoms with Gasteiger partial charge in [0.2, 0.25) is 0 Å². The van der Waals surface area contributed by atoms with Crippen molar-refractivity contribution in [2.45, 2.75) is 49.6 Å². The Morgan fingerprint density at radius 3 is 2.08 bits per heavy atom. The van der Waals surface area contributed by atoms with Gasteiger partial charge in [0.15, 0.2) is 0 Å². The molecule has 4 aromatic carbocycles. The molecule has 0 spiro atoms. The Labute approximate surface area is 296 Å². The maximum Gasteiger partial charge on any atom is 0.0629 e. The van der Waals surface area contributed by atoms with Crippen LogP contribution in [0.3, 0.4) is 0 Å². The highest BCUT2D eigenvalue weighted by Gasteiger charge is 2.41. The largest absolute Gasteiger partial charge is 0.337 e. The number of hydrogen-bond acceptors (Lipinski definition) is 2. The van der Waals surface area contributed by atoms with Crippen LogP contribution in [0.1, 0.15) is 48.6 Å². The van der Waals surface area contributed by atoms with Crippen LogP contribution in [0.25, 0.3) is 11.1 Å². The molecule has 6 aliphatic rings. The van der Waals surface area contributed by atoms with Crippen LogP contribution in [0, 0.1) is 11.8 Å². The van der Waals surface area contributed by atoms with E-state index in [0.29, 0.717) is 29.7 Å². The van der Waals surface area contributed by atoms with Crippen molar-refractivity contribution in [1.82, 2.24) is 0 Å². The Morgan fingerprint density at radius 1 is 0.560 bits per heavy atom. The number of allylic oxidation sites excluding steroid dienone is 10. The van der Waals surface area contributed by atoms with Gasteiger partial charge in [-0.1, -0.05) is 146 Å². The molecule has 4 aliphatic carbocycles. The first-order valence-corrected chi connectivity index (χ1v) is 18.5. The van der Waals surface area contributed by atoms with Crippen molar-refractivity contribution in [3.05, 3.63) is 198 Å². The van der Waals surface area contributed by atoms with Gasteiger partial charge in [0.1, 0.15) is 0 Å². The molecular weight excluding hydrogens is 605 g/mol. The molecule has 244 valence electrons. The molecule has 2 heteroatoms. The van der Waals surface area contributed by atoms with Gasteiger partial charge in [-0.15, -0.1) is 0 Å². The molecule has 0 saturated carbocycles. The second-order valence-electron chi connectivity index (χ2n) is 14.7. The second-order valence-corrected chi connectivity index (χ2v) is 14.7. The maximum atomic E-state index is 2.63. The van der Waals surface area contributed by atoms with Gasteiger partial charge in [-0.3, -0.25) is 0 Å². The maximum absolute atomic E-state index is 2.63. The molecule has 0 radical (unpaired) electrons. The second kappa shape index (κ2) is 12.2. The fraction of sp³-hybridized carbons (Fsp3) is 0.208. The fourth-order valence-corrected chi connectivity index (χ4v) is 9.55. The number of fused-ring (bicyclic) bond motifs is 6. The standard InChI is InChI=1S/C48H42N2/c1-3-11-33(12-4-1)34-23-27-40(28-24-34)50-46-18-10-8-16-42(46)44-32-38(26-30-48(44)50)36-21-19-35(20-22-36)37-25-29-47-43(31-37)41-15-7-9-17-45(41)49(47)39-13-5-2-6-14-39/h1-13,15-21,23-24,26-30,32,36-37,39,43-44,48H,14,22,25,31H2. The molecule has 6 unspecified atom stereocenters. The van der Waals surface area contributed by atoms with E-state index in [-0.39, 0.29) is 6.04 Å². The number of anilines is 3. The molecule has 2 heterocycles. The molecule has 4 aromatic rings. The molecule has 2 nitrogen and oxygen atoms in total. The SMILES string of the molecule is C1=CCC(N2C3=CCC(C4=CCC(C5=CC6c7ccccc7N(c7ccc(-c8ccccc8)cc7)C6C=C5)C=C4)CC3c3ccccc32)C=C1. The molecule has 0 fully saturated rings. The van der Waals surface area contributed by atoms with Crippen molar-refractivity contribution in [3.8, 4) is 11.1 Å². The summed E-state index contributed by atoms with van der Waals surface area (Å²) in [6, 6.07) is 38.6. The molecule has 0 amide bonds. The summed E-state index contributed by atoms with van der Waals surface area (Å²) >= 11 is 0. The summed E-state index contributed by atoms with van der Waals surface area (Å²) in [5.41, 5.74) is 13.9. The average Bonchev–Trinajstić information content (AvgIpc) is 3.71. The van der Waals surface area contributed by atoms with E-state index in [1.54, 1.807) is 0 Å². The summed E-state index contributed by atoms with van der Waals surface area (Å²) in [5.74, 6) is 1.82. The minimum Gasteiger partial charge on any atom is -0.337 e. The number of nitrogens with zero attached hydrogens (tertiary/aromatic N) is 2. The van der Waals surface area contributed by atoms with E-state index in [2.05, 4.69) is 180 Å². The predicted molar refractivity (Wildman–Crippen MR) is 209 cm³/mol. The van der Waals surface area contributed by atoms with Gasteiger partial charge < -0.3 is 9.80 Å². The first-order valence-electron chi connectivity index (χ1n) is 18.5. The van der Waals surface area contributed by atoms with Crippen LogP contribution < -0.4 is 9.80 Å².